The van der Waals surface area contributed by atoms with Gasteiger partial charge < -0.3 is 4.74 Å². The maximum Gasteiger partial charge on any atom is 0.245 e. The van der Waals surface area contributed by atoms with Crippen molar-refractivity contribution in [2.24, 2.45) is 11.0 Å². The van der Waals surface area contributed by atoms with Crippen LogP contribution in [0.25, 0.3) is 0 Å². The lowest BCUT2D eigenvalue weighted by Crippen LogP contribution is -2.30. The van der Waals surface area contributed by atoms with E-state index in [-0.39, 0.29) is 17.9 Å². The number of sulfonamides is 1. The van der Waals surface area contributed by atoms with E-state index in [0.29, 0.717) is 30.0 Å². The molecule has 0 fully saturated rings. The van der Waals surface area contributed by atoms with E-state index >= 15 is 0 Å². The van der Waals surface area contributed by atoms with E-state index in [1.54, 1.807) is 12.1 Å². The number of carbonyl (C=O) groups is 1. The largest absolute Gasteiger partial charge is 0.494 e. The number of anilines is 1. The molecule has 1 aliphatic rings. The van der Waals surface area contributed by atoms with Gasteiger partial charge in [-0.1, -0.05) is 44.2 Å². The topological polar surface area (TPSA) is 88.1 Å². The molecule has 1 aliphatic heterocycles. The average molecular weight is 430 g/mol. The highest BCUT2D eigenvalue weighted by molar-refractivity contribution is 7.92. The minimum Gasteiger partial charge on any atom is -0.494 e. The van der Waals surface area contributed by atoms with Crippen molar-refractivity contribution in [1.82, 2.24) is 5.01 Å². The fourth-order valence-corrected chi connectivity index (χ4v) is 3.95. The molecule has 2 aromatic rings. The summed E-state index contributed by atoms with van der Waals surface area (Å²) in [5, 5.41) is 6.14. The Balaban J connectivity index is 1.98. The normalized spacial score (nSPS) is 16.5. The molecular formula is C22H27N3O4S. The van der Waals surface area contributed by atoms with Gasteiger partial charge >= 0.3 is 0 Å². The summed E-state index contributed by atoms with van der Waals surface area (Å²) in [5.41, 5.74) is 2.72. The number of rotatable bonds is 7. The second-order valence-corrected chi connectivity index (χ2v) is 9.27. The molecule has 1 heterocycles. The predicted molar refractivity (Wildman–Crippen MR) is 118 cm³/mol. The van der Waals surface area contributed by atoms with Crippen molar-refractivity contribution in [3.63, 3.8) is 0 Å². The molecule has 160 valence electrons. The summed E-state index contributed by atoms with van der Waals surface area (Å²) >= 11 is 0. The van der Waals surface area contributed by atoms with E-state index < -0.39 is 10.0 Å². The Morgan fingerprint density at radius 3 is 2.47 bits per heavy atom. The van der Waals surface area contributed by atoms with Crippen molar-refractivity contribution in [1.29, 1.82) is 0 Å². The molecule has 3 rings (SSSR count). The van der Waals surface area contributed by atoms with Gasteiger partial charge in [-0.3, -0.25) is 9.52 Å². The number of carbonyl (C=O) groups excluding carboxylic acids is 1. The van der Waals surface area contributed by atoms with Crippen molar-refractivity contribution in [2.75, 3.05) is 17.6 Å². The molecule has 0 saturated carbocycles. The number of nitrogens with one attached hydrogen (secondary N) is 1. The van der Waals surface area contributed by atoms with Crippen LogP contribution in [0.4, 0.5) is 5.69 Å². The third-order valence-corrected chi connectivity index (χ3v) is 5.33. The van der Waals surface area contributed by atoms with E-state index in [1.165, 1.54) is 5.01 Å². The van der Waals surface area contributed by atoms with E-state index in [0.717, 1.165) is 17.6 Å². The summed E-state index contributed by atoms with van der Waals surface area (Å²) in [4.78, 5) is 12.9. The first-order valence-corrected chi connectivity index (χ1v) is 11.8. The first kappa shape index (κ1) is 21.8. The highest BCUT2D eigenvalue weighted by Crippen LogP contribution is 2.36. The van der Waals surface area contributed by atoms with Crippen LogP contribution < -0.4 is 9.46 Å². The summed E-state index contributed by atoms with van der Waals surface area (Å²) < 4.78 is 31.6. The van der Waals surface area contributed by atoms with E-state index in [4.69, 9.17) is 4.74 Å². The fourth-order valence-electron chi connectivity index (χ4n) is 3.38. The first-order valence-electron chi connectivity index (χ1n) is 9.90. The van der Waals surface area contributed by atoms with Crippen LogP contribution in [-0.4, -0.2) is 37.9 Å². The zero-order valence-corrected chi connectivity index (χ0v) is 18.4. The van der Waals surface area contributed by atoms with Gasteiger partial charge in [0.1, 0.15) is 5.75 Å². The smallest absolute Gasteiger partial charge is 0.245 e. The van der Waals surface area contributed by atoms with Gasteiger partial charge in [0, 0.05) is 17.9 Å². The molecule has 8 heteroatoms. The van der Waals surface area contributed by atoms with E-state index in [9.17, 15) is 13.2 Å². The Bertz CT molecular complexity index is 1050. The van der Waals surface area contributed by atoms with Crippen molar-refractivity contribution >= 4 is 27.3 Å². The molecule has 1 amide bonds. The molecule has 0 bridgehead atoms. The Labute approximate surface area is 177 Å². The number of para-hydroxylation sites is 1. The Kier molecular flexibility index (Phi) is 6.45. The van der Waals surface area contributed by atoms with Gasteiger partial charge in [0.2, 0.25) is 15.9 Å². The van der Waals surface area contributed by atoms with Crippen LogP contribution in [0.3, 0.4) is 0 Å². The molecule has 0 aromatic heterocycles. The Hall–Kier alpha value is -2.87. The van der Waals surface area contributed by atoms with Gasteiger partial charge in [0.25, 0.3) is 0 Å². The van der Waals surface area contributed by atoms with Crippen LogP contribution in [0.15, 0.2) is 53.6 Å². The molecule has 0 saturated heterocycles. The van der Waals surface area contributed by atoms with E-state index in [2.05, 4.69) is 9.82 Å². The third-order valence-electron chi connectivity index (χ3n) is 4.74. The van der Waals surface area contributed by atoms with Crippen molar-refractivity contribution in [2.45, 2.75) is 33.2 Å². The Morgan fingerprint density at radius 1 is 1.20 bits per heavy atom. The van der Waals surface area contributed by atoms with Crippen LogP contribution in [0.5, 0.6) is 5.75 Å². The second-order valence-electron chi connectivity index (χ2n) is 7.53. The molecule has 30 heavy (non-hydrogen) atoms. The number of hydrazone groups is 1. The molecule has 1 atom stereocenters. The van der Waals surface area contributed by atoms with Crippen molar-refractivity contribution in [3.05, 3.63) is 59.7 Å². The van der Waals surface area contributed by atoms with Gasteiger partial charge in [-0.25, -0.2) is 13.4 Å². The second kappa shape index (κ2) is 8.87. The maximum atomic E-state index is 12.9. The lowest BCUT2D eigenvalue weighted by molar-refractivity contribution is -0.136. The predicted octanol–water partition coefficient (Wildman–Crippen LogP) is 3.79. The van der Waals surface area contributed by atoms with Crippen molar-refractivity contribution in [3.8, 4) is 5.75 Å². The van der Waals surface area contributed by atoms with Crippen LogP contribution >= 0.6 is 0 Å². The summed E-state index contributed by atoms with van der Waals surface area (Å²) in [6.45, 7) is 6.18. The molecular weight excluding hydrogens is 402 g/mol. The zero-order valence-electron chi connectivity index (χ0n) is 17.6. The van der Waals surface area contributed by atoms with Crippen LogP contribution in [-0.2, 0) is 14.8 Å². The third kappa shape index (κ3) is 4.99. The lowest BCUT2D eigenvalue weighted by atomic mass is 9.97. The summed E-state index contributed by atoms with van der Waals surface area (Å²) in [7, 11) is -3.45. The minimum absolute atomic E-state index is 0.0857. The van der Waals surface area contributed by atoms with Crippen LogP contribution in [0.1, 0.15) is 44.4 Å². The lowest BCUT2D eigenvalue weighted by Gasteiger charge is -2.23. The molecule has 0 unspecified atom stereocenters. The monoisotopic (exact) mass is 429 g/mol. The van der Waals surface area contributed by atoms with Crippen molar-refractivity contribution < 1.29 is 17.9 Å². The zero-order chi connectivity index (χ0) is 21.9. The molecule has 1 N–H and O–H groups in total. The summed E-state index contributed by atoms with van der Waals surface area (Å²) in [6.07, 6.45) is 1.59. The average Bonchev–Trinajstić information content (AvgIpc) is 3.12. The first-order chi connectivity index (χ1) is 14.2. The maximum absolute atomic E-state index is 12.9. The molecule has 0 aliphatic carbocycles. The van der Waals surface area contributed by atoms with Crippen LogP contribution in [0, 0.1) is 5.92 Å². The molecule has 7 nitrogen and oxygen atoms in total. The van der Waals surface area contributed by atoms with Gasteiger partial charge in [-0.15, -0.1) is 0 Å². The van der Waals surface area contributed by atoms with E-state index in [1.807, 2.05) is 57.2 Å². The van der Waals surface area contributed by atoms with Gasteiger partial charge in [0.15, 0.2) is 0 Å². The number of benzene rings is 2. The summed E-state index contributed by atoms with van der Waals surface area (Å²) in [5.74, 6) is 0.463. The number of hydrogen-bond acceptors (Lipinski definition) is 5. The number of hydrogen-bond donors (Lipinski definition) is 1. The SMILES string of the molecule is CCOc1ccc([C@@H]2CC(c3ccccc3NS(C)(=O)=O)=NN2C(=O)C(C)C)cc1. The summed E-state index contributed by atoms with van der Waals surface area (Å²) in [6, 6.07) is 14.5. The number of ether oxygens (including phenoxy) is 1. The van der Waals surface area contributed by atoms with Gasteiger partial charge in [-0.05, 0) is 30.7 Å². The molecule has 0 radical (unpaired) electrons. The minimum atomic E-state index is -3.45. The fraction of sp³-hybridized carbons (Fsp3) is 0.364. The quantitative estimate of drug-likeness (QED) is 0.725. The van der Waals surface area contributed by atoms with Gasteiger partial charge in [-0.2, -0.15) is 5.10 Å². The van der Waals surface area contributed by atoms with Gasteiger partial charge in [0.05, 0.1) is 30.3 Å². The van der Waals surface area contributed by atoms with Crippen LogP contribution in [0.2, 0.25) is 0 Å². The standard InChI is InChI=1S/C22H27N3O4S/c1-5-29-17-12-10-16(11-13-17)21-14-20(23-25(21)22(26)15(2)3)18-8-6-7-9-19(18)24-30(4,27)28/h6-13,15,21,24H,5,14H2,1-4H3/t21-/m0/s1. The molecule has 2 aromatic carbocycles. The molecule has 0 spiro atoms. The number of nitrogens with zero attached hydrogens (tertiary/aromatic N) is 2. The highest BCUT2D eigenvalue weighted by atomic mass is 32.2. The number of amides is 1. The Morgan fingerprint density at radius 2 is 1.87 bits per heavy atom. The highest BCUT2D eigenvalue weighted by Gasteiger charge is 2.34.